The summed E-state index contributed by atoms with van der Waals surface area (Å²) in [6.45, 7) is 1.000. The number of nitrogens with zero attached hydrogens (tertiary/aromatic N) is 1. The molecule has 0 fully saturated rings. The smallest absolute Gasteiger partial charge is 0.323 e. The van der Waals surface area contributed by atoms with Crippen LogP contribution in [-0.4, -0.2) is 20.7 Å². The Balaban J connectivity index is 2.63. The number of aromatic hydroxyl groups is 1. The highest BCUT2D eigenvalue weighted by Crippen LogP contribution is 2.29. The number of phenols is 1. The fourth-order valence-electron chi connectivity index (χ4n) is 1.96. The number of aryl methyl sites for hydroxylation is 1. The molecule has 0 aliphatic carbocycles. The van der Waals surface area contributed by atoms with Gasteiger partial charge >= 0.3 is 5.97 Å². The SMILES string of the molecule is Cc1cc(=O)n(CC(=O)O)cc1-c1cc(F)c(O)c(F)c1. The molecule has 110 valence electrons. The van der Waals surface area contributed by atoms with Crippen molar-refractivity contribution in [2.75, 3.05) is 0 Å². The number of halogens is 2. The molecule has 0 aliphatic rings. The fourth-order valence-corrected chi connectivity index (χ4v) is 1.96. The molecule has 2 rings (SSSR count). The van der Waals surface area contributed by atoms with Gasteiger partial charge in [0.05, 0.1) is 0 Å². The zero-order valence-corrected chi connectivity index (χ0v) is 10.9. The van der Waals surface area contributed by atoms with Gasteiger partial charge in [-0.3, -0.25) is 9.59 Å². The Morgan fingerprint density at radius 3 is 2.33 bits per heavy atom. The number of phenolic OH excluding ortho intramolecular Hbond substituents is 1. The van der Waals surface area contributed by atoms with Crippen LogP contribution in [0.25, 0.3) is 11.1 Å². The molecule has 0 bridgehead atoms. The molecule has 21 heavy (non-hydrogen) atoms. The molecule has 0 amide bonds. The molecule has 2 aromatic rings. The monoisotopic (exact) mass is 295 g/mol. The maximum Gasteiger partial charge on any atom is 0.323 e. The number of pyridine rings is 1. The van der Waals surface area contributed by atoms with Crippen molar-refractivity contribution in [1.82, 2.24) is 4.57 Å². The normalized spacial score (nSPS) is 10.6. The standard InChI is InChI=1S/C14H11F2NO4/c1-7-2-12(18)17(6-13(19)20)5-9(7)8-3-10(15)14(21)11(16)4-8/h2-5,21H,6H2,1H3,(H,19,20). The van der Waals surface area contributed by atoms with E-state index in [4.69, 9.17) is 10.2 Å². The van der Waals surface area contributed by atoms with Gasteiger partial charge in [0.25, 0.3) is 5.56 Å². The van der Waals surface area contributed by atoms with Crippen LogP contribution in [0.3, 0.4) is 0 Å². The molecule has 0 saturated carbocycles. The maximum absolute atomic E-state index is 13.4. The van der Waals surface area contributed by atoms with Gasteiger partial charge in [0.2, 0.25) is 0 Å². The van der Waals surface area contributed by atoms with Gasteiger partial charge in [0.15, 0.2) is 17.4 Å². The van der Waals surface area contributed by atoms with E-state index in [1.165, 1.54) is 12.3 Å². The van der Waals surface area contributed by atoms with Crippen molar-refractivity contribution in [1.29, 1.82) is 0 Å². The number of hydrogen-bond acceptors (Lipinski definition) is 3. The predicted molar refractivity (Wildman–Crippen MR) is 70.1 cm³/mol. The van der Waals surface area contributed by atoms with E-state index in [0.29, 0.717) is 11.1 Å². The molecule has 0 saturated heterocycles. The predicted octanol–water partition coefficient (Wildman–Crippen LogP) is 1.89. The van der Waals surface area contributed by atoms with Gasteiger partial charge in [-0.25, -0.2) is 8.78 Å². The molecular formula is C14H11F2NO4. The van der Waals surface area contributed by atoms with Crippen molar-refractivity contribution in [2.45, 2.75) is 13.5 Å². The molecular weight excluding hydrogens is 284 g/mol. The van der Waals surface area contributed by atoms with Crippen LogP contribution < -0.4 is 5.56 Å². The number of aliphatic carboxylic acids is 1. The zero-order valence-electron chi connectivity index (χ0n) is 10.9. The summed E-state index contributed by atoms with van der Waals surface area (Å²) in [6, 6.07) is 3.01. The number of benzene rings is 1. The highest BCUT2D eigenvalue weighted by atomic mass is 19.1. The second-order valence-corrected chi connectivity index (χ2v) is 4.52. The van der Waals surface area contributed by atoms with Crippen molar-refractivity contribution in [2.24, 2.45) is 0 Å². The van der Waals surface area contributed by atoms with Gasteiger partial charge in [0.1, 0.15) is 6.54 Å². The number of rotatable bonds is 3. The van der Waals surface area contributed by atoms with E-state index >= 15 is 0 Å². The largest absolute Gasteiger partial charge is 0.503 e. The van der Waals surface area contributed by atoms with Gasteiger partial charge in [-0.05, 0) is 30.2 Å². The zero-order chi connectivity index (χ0) is 15.7. The van der Waals surface area contributed by atoms with Crippen LogP contribution in [0.15, 0.2) is 29.2 Å². The highest BCUT2D eigenvalue weighted by molar-refractivity contribution is 5.69. The Morgan fingerprint density at radius 2 is 1.81 bits per heavy atom. The summed E-state index contributed by atoms with van der Waals surface area (Å²) in [5.74, 6) is -4.58. The van der Waals surface area contributed by atoms with E-state index in [1.54, 1.807) is 6.92 Å². The van der Waals surface area contributed by atoms with Crippen LogP contribution in [0, 0.1) is 18.6 Å². The average Bonchev–Trinajstić information content (AvgIpc) is 2.38. The first-order chi connectivity index (χ1) is 9.79. The lowest BCUT2D eigenvalue weighted by Gasteiger charge is -2.11. The molecule has 2 N–H and O–H groups in total. The number of carboxylic acid groups (broad SMARTS) is 1. The van der Waals surface area contributed by atoms with Crippen molar-refractivity contribution in [3.8, 4) is 16.9 Å². The van der Waals surface area contributed by atoms with Crippen LogP contribution in [0.1, 0.15) is 5.56 Å². The molecule has 7 heteroatoms. The quantitative estimate of drug-likeness (QED) is 0.906. The van der Waals surface area contributed by atoms with Gasteiger partial charge < -0.3 is 14.8 Å². The first-order valence-electron chi connectivity index (χ1n) is 5.91. The van der Waals surface area contributed by atoms with E-state index in [0.717, 1.165) is 16.7 Å². The van der Waals surface area contributed by atoms with Crippen LogP contribution in [0.2, 0.25) is 0 Å². The van der Waals surface area contributed by atoms with Crippen LogP contribution >= 0.6 is 0 Å². The maximum atomic E-state index is 13.4. The van der Waals surface area contributed by atoms with Crippen LogP contribution in [0.5, 0.6) is 5.75 Å². The van der Waals surface area contributed by atoms with Crippen molar-refractivity contribution < 1.29 is 23.8 Å². The number of carboxylic acids is 1. The van der Waals surface area contributed by atoms with Crippen LogP contribution in [0.4, 0.5) is 8.78 Å². The molecule has 1 heterocycles. The molecule has 1 aromatic heterocycles. The van der Waals surface area contributed by atoms with Crippen molar-refractivity contribution in [3.63, 3.8) is 0 Å². The van der Waals surface area contributed by atoms with E-state index < -0.39 is 35.5 Å². The van der Waals surface area contributed by atoms with Gasteiger partial charge in [-0.1, -0.05) is 0 Å². The van der Waals surface area contributed by atoms with Gasteiger partial charge in [-0.2, -0.15) is 0 Å². The van der Waals surface area contributed by atoms with Crippen molar-refractivity contribution in [3.05, 3.63) is 51.9 Å². The van der Waals surface area contributed by atoms with E-state index in [9.17, 15) is 18.4 Å². The summed E-state index contributed by atoms with van der Waals surface area (Å²) in [7, 11) is 0. The fraction of sp³-hybridized carbons (Fsp3) is 0.143. The topological polar surface area (TPSA) is 79.5 Å². The number of aromatic nitrogens is 1. The molecule has 0 spiro atoms. The minimum absolute atomic E-state index is 0.0967. The Labute approximate surface area is 117 Å². The lowest BCUT2D eigenvalue weighted by Crippen LogP contribution is -2.23. The van der Waals surface area contributed by atoms with E-state index in [-0.39, 0.29) is 5.56 Å². The summed E-state index contributed by atoms with van der Waals surface area (Å²) < 4.78 is 27.7. The first kappa shape index (κ1) is 14.7. The molecule has 0 unspecified atom stereocenters. The number of hydrogen-bond donors (Lipinski definition) is 2. The lowest BCUT2D eigenvalue weighted by atomic mass is 10.0. The van der Waals surface area contributed by atoms with Gasteiger partial charge in [0, 0.05) is 17.8 Å². The molecule has 0 aliphatic heterocycles. The van der Waals surface area contributed by atoms with Crippen molar-refractivity contribution >= 4 is 5.97 Å². The van der Waals surface area contributed by atoms with E-state index in [2.05, 4.69) is 0 Å². The second-order valence-electron chi connectivity index (χ2n) is 4.52. The third-order valence-electron chi connectivity index (χ3n) is 2.97. The Hall–Kier alpha value is -2.70. The minimum atomic E-state index is -1.21. The number of carbonyl (C=O) groups is 1. The first-order valence-corrected chi connectivity index (χ1v) is 5.91. The lowest BCUT2D eigenvalue weighted by molar-refractivity contribution is -0.137. The summed E-state index contributed by atoms with van der Waals surface area (Å²) in [6.07, 6.45) is 1.22. The molecule has 5 nitrogen and oxygen atoms in total. The minimum Gasteiger partial charge on any atom is -0.503 e. The molecule has 0 atom stereocenters. The summed E-state index contributed by atoms with van der Waals surface area (Å²) in [5.41, 5.74) is 0.303. The third kappa shape index (κ3) is 2.91. The Morgan fingerprint density at radius 1 is 1.24 bits per heavy atom. The molecule has 0 radical (unpaired) electrons. The van der Waals surface area contributed by atoms with Crippen LogP contribution in [-0.2, 0) is 11.3 Å². The second kappa shape index (κ2) is 5.35. The Kier molecular flexibility index (Phi) is 3.75. The van der Waals surface area contributed by atoms with E-state index in [1.807, 2.05) is 0 Å². The van der Waals surface area contributed by atoms with Gasteiger partial charge in [-0.15, -0.1) is 0 Å². The third-order valence-corrected chi connectivity index (χ3v) is 2.97. The molecule has 1 aromatic carbocycles. The summed E-state index contributed by atoms with van der Waals surface area (Å²) >= 11 is 0. The summed E-state index contributed by atoms with van der Waals surface area (Å²) in [5, 5.41) is 17.8. The highest BCUT2D eigenvalue weighted by Gasteiger charge is 2.14. The average molecular weight is 295 g/mol. The summed E-state index contributed by atoms with van der Waals surface area (Å²) in [4.78, 5) is 22.4. The Bertz CT molecular complexity index is 760.